The summed E-state index contributed by atoms with van der Waals surface area (Å²) in [4.78, 5) is 38.4. The van der Waals surface area contributed by atoms with E-state index in [1.165, 1.54) is 16.9 Å². The molecule has 0 spiro atoms. The van der Waals surface area contributed by atoms with Gasteiger partial charge in [0.05, 0.1) is 35.7 Å². The van der Waals surface area contributed by atoms with Crippen molar-refractivity contribution in [3.8, 4) is 0 Å². The second-order valence-corrected chi connectivity index (χ2v) is 6.60. The Balaban J connectivity index is 2.04. The highest BCUT2D eigenvalue weighted by atomic mass is 35.5. The van der Waals surface area contributed by atoms with Gasteiger partial charge in [-0.1, -0.05) is 29.3 Å². The second-order valence-electron chi connectivity index (χ2n) is 5.79. The van der Waals surface area contributed by atoms with Crippen molar-refractivity contribution in [3.63, 3.8) is 0 Å². The Morgan fingerprint density at radius 1 is 1.31 bits per heavy atom. The summed E-state index contributed by atoms with van der Waals surface area (Å²) in [5, 5.41) is 10.8. The lowest BCUT2D eigenvalue weighted by atomic mass is 10.2. The first-order chi connectivity index (χ1) is 12.2. The van der Waals surface area contributed by atoms with E-state index in [1.54, 1.807) is 25.2 Å². The Hall–Kier alpha value is -2.25. The highest BCUT2D eigenvalue weighted by Crippen LogP contribution is 2.24. The number of likely N-dealkylation sites (N-methyl/N-ethyl adjacent to an activating group) is 1. The first-order valence-electron chi connectivity index (χ1n) is 7.72. The van der Waals surface area contributed by atoms with E-state index in [2.05, 4.69) is 4.74 Å². The van der Waals surface area contributed by atoms with Crippen LogP contribution < -0.4 is 0 Å². The minimum absolute atomic E-state index is 0.0116. The normalized spacial score (nSPS) is 14.0. The summed E-state index contributed by atoms with van der Waals surface area (Å²) >= 11 is 11.8. The Kier molecular flexibility index (Phi) is 6.50. The lowest BCUT2D eigenvalue weighted by Crippen LogP contribution is -2.32. The summed E-state index contributed by atoms with van der Waals surface area (Å²) in [7, 11) is 2.80. The van der Waals surface area contributed by atoms with Crippen LogP contribution in [0.2, 0.25) is 10.0 Å². The fourth-order valence-corrected chi connectivity index (χ4v) is 2.83. The number of methoxy groups -OCH3 is 1. The molecule has 0 saturated carbocycles. The molecule has 1 aromatic rings. The topological polar surface area (TPSA) is 87.2 Å². The van der Waals surface area contributed by atoms with E-state index in [9.17, 15) is 19.5 Å². The van der Waals surface area contributed by atoms with Gasteiger partial charge in [0.2, 0.25) is 0 Å². The summed E-state index contributed by atoms with van der Waals surface area (Å²) in [6, 6.07) is 5.00. The number of carbonyl (C=O) groups excluding carboxylic acids is 3. The number of halogens is 2. The van der Waals surface area contributed by atoms with Crippen molar-refractivity contribution in [2.24, 2.45) is 0 Å². The van der Waals surface area contributed by atoms with Crippen LogP contribution in [0, 0.1) is 0 Å². The zero-order chi connectivity index (χ0) is 19.4. The Morgan fingerprint density at radius 2 is 2.00 bits per heavy atom. The summed E-state index contributed by atoms with van der Waals surface area (Å²) < 4.78 is 4.52. The lowest BCUT2D eigenvalue weighted by Gasteiger charge is -2.19. The molecule has 1 heterocycles. The maximum atomic E-state index is 12.6. The van der Waals surface area contributed by atoms with Crippen LogP contribution in [0.15, 0.2) is 29.5 Å². The third-order valence-corrected chi connectivity index (χ3v) is 4.69. The van der Waals surface area contributed by atoms with Crippen molar-refractivity contribution in [3.05, 3.63) is 45.1 Å². The molecule has 0 unspecified atom stereocenters. The van der Waals surface area contributed by atoms with E-state index in [0.717, 1.165) is 5.56 Å². The van der Waals surface area contributed by atoms with Crippen LogP contribution in [0.4, 0.5) is 0 Å². The molecule has 1 aromatic carbocycles. The van der Waals surface area contributed by atoms with Gasteiger partial charge < -0.3 is 19.6 Å². The number of hydrogen-bond donors (Lipinski definition) is 1. The largest absolute Gasteiger partial charge is 0.503 e. The average Bonchev–Trinajstić information content (AvgIpc) is 2.90. The predicted octanol–water partition coefficient (Wildman–Crippen LogP) is 2.17. The van der Waals surface area contributed by atoms with Crippen molar-refractivity contribution in [2.75, 3.05) is 27.2 Å². The fourth-order valence-electron chi connectivity index (χ4n) is 2.51. The zero-order valence-electron chi connectivity index (χ0n) is 14.3. The predicted molar refractivity (Wildman–Crippen MR) is 95.8 cm³/mol. The highest BCUT2D eigenvalue weighted by Gasteiger charge is 2.35. The molecule has 26 heavy (non-hydrogen) atoms. The van der Waals surface area contributed by atoms with Gasteiger partial charge in [-0.15, -0.1) is 0 Å². The van der Waals surface area contributed by atoms with Crippen LogP contribution in [0.1, 0.15) is 12.0 Å². The molecule has 0 aromatic heterocycles. The fraction of sp³-hybridized carbons (Fsp3) is 0.353. The third kappa shape index (κ3) is 4.47. The quantitative estimate of drug-likeness (QED) is 0.739. The minimum Gasteiger partial charge on any atom is -0.503 e. The summed E-state index contributed by atoms with van der Waals surface area (Å²) in [6.07, 6.45) is -0.0178. The number of esters is 1. The first kappa shape index (κ1) is 20.1. The van der Waals surface area contributed by atoms with Gasteiger partial charge in [0.1, 0.15) is 0 Å². The molecule has 0 bridgehead atoms. The van der Waals surface area contributed by atoms with Gasteiger partial charge in [-0.25, -0.2) is 0 Å². The average molecular weight is 401 g/mol. The van der Waals surface area contributed by atoms with E-state index in [-0.39, 0.29) is 31.6 Å². The summed E-state index contributed by atoms with van der Waals surface area (Å²) in [6.45, 7) is 0.220. The van der Waals surface area contributed by atoms with Crippen LogP contribution in [0.3, 0.4) is 0 Å². The molecule has 0 radical (unpaired) electrons. The Morgan fingerprint density at radius 3 is 2.62 bits per heavy atom. The van der Waals surface area contributed by atoms with Crippen molar-refractivity contribution in [2.45, 2.75) is 13.0 Å². The number of aliphatic hydroxyl groups is 1. The van der Waals surface area contributed by atoms with E-state index < -0.39 is 23.5 Å². The molecule has 7 nitrogen and oxygen atoms in total. The van der Waals surface area contributed by atoms with Gasteiger partial charge in [-0.05, 0) is 17.7 Å². The molecule has 0 fully saturated rings. The molecule has 0 aliphatic carbocycles. The van der Waals surface area contributed by atoms with Crippen molar-refractivity contribution in [1.82, 2.24) is 9.80 Å². The van der Waals surface area contributed by atoms with Crippen LogP contribution in [-0.4, -0.2) is 59.9 Å². The molecule has 2 rings (SSSR count). The lowest BCUT2D eigenvalue weighted by molar-refractivity contribution is -0.141. The van der Waals surface area contributed by atoms with Crippen molar-refractivity contribution < 1.29 is 24.2 Å². The Labute approximate surface area is 160 Å². The van der Waals surface area contributed by atoms with Gasteiger partial charge in [-0.2, -0.15) is 0 Å². The van der Waals surface area contributed by atoms with E-state index >= 15 is 0 Å². The third-order valence-electron chi connectivity index (χ3n) is 3.95. The highest BCUT2D eigenvalue weighted by molar-refractivity contribution is 6.42. The Bertz CT molecular complexity index is 778. The van der Waals surface area contributed by atoms with Crippen LogP contribution in [0.25, 0.3) is 0 Å². The number of benzene rings is 1. The van der Waals surface area contributed by atoms with Gasteiger partial charge in [0, 0.05) is 20.1 Å². The maximum absolute atomic E-state index is 12.6. The number of rotatable bonds is 6. The molecular weight excluding hydrogens is 383 g/mol. The molecule has 1 N–H and O–H groups in total. The first-order valence-corrected chi connectivity index (χ1v) is 8.47. The van der Waals surface area contributed by atoms with E-state index in [0.29, 0.717) is 10.0 Å². The van der Waals surface area contributed by atoms with Gasteiger partial charge in [0.25, 0.3) is 11.8 Å². The van der Waals surface area contributed by atoms with Crippen molar-refractivity contribution >= 4 is 41.0 Å². The van der Waals surface area contributed by atoms with Crippen LogP contribution in [0.5, 0.6) is 0 Å². The zero-order valence-corrected chi connectivity index (χ0v) is 15.8. The number of aliphatic hydroxyl groups excluding tert-OH is 1. The number of nitrogens with zero attached hydrogens (tertiary/aromatic N) is 2. The second kappa shape index (κ2) is 8.42. The van der Waals surface area contributed by atoms with E-state index in [1.807, 2.05) is 0 Å². The van der Waals surface area contributed by atoms with Gasteiger partial charge in [0.15, 0.2) is 5.76 Å². The molecule has 0 saturated heterocycles. The maximum Gasteiger partial charge on any atom is 0.307 e. The van der Waals surface area contributed by atoms with Gasteiger partial charge in [-0.3, -0.25) is 14.4 Å². The molecule has 9 heteroatoms. The number of ether oxygens (including phenoxy) is 1. The molecule has 1 aliphatic rings. The van der Waals surface area contributed by atoms with Crippen LogP contribution in [-0.2, 0) is 25.7 Å². The number of amides is 2. The monoisotopic (exact) mass is 400 g/mol. The number of carbonyl (C=O) groups is 3. The summed E-state index contributed by atoms with van der Waals surface area (Å²) in [5.41, 5.74) is 0.740. The number of hydrogen-bond acceptors (Lipinski definition) is 5. The van der Waals surface area contributed by atoms with Gasteiger partial charge >= 0.3 is 5.97 Å². The molecular formula is C17H18Cl2N2O5. The standard InChI is InChI=1S/C17H18Cl2N2O5/c1-20(8-10-3-4-12(18)13(19)7-10)16(24)11-9-21(17(25)15(11)23)6-5-14(22)26-2/h3-4,7,23H,5-6,8-9H2,1-2H3. The molecule has 1 aliphatic heterocycles. The smallest absolute Gasteiger partial charge is 0.307 e. The molecule has 140 valence electrons. The SMILES string of the molecule is COC(=O)CCN1CC(C(=O)N(C)Cc2ccc(Cl)c(Cl)c2)=C(O)C1=O. The van der Waals surface area contributed by atoms with Crippen molar-refractivity contribution in [1.29, 1.82) is 0 Å². The summed E-state index contributed by atoms with van der Waals surface area (Å²) in [5.74, 6) is -2.24. The molecule has 2 amide bonds. The van der Waals surface area contributed by atoms with E-state index in [4.69, 9.17) is 23.2 Å². The van der Waals surface area contributed by atoms with Crippen LogP contribution >= 0.6 is 23.2 Å². The molecule has 0 atom stereocenters. The minimum atomic E-state index is -0.680.